The molecular formula is C17H16Cl2N2O5S2. The van der Waals surface area contributed by atoms with Gasteiger partial charge in [-0.1, -0.05) is 23.2 Å². The van der Waals surface area contributed by atoms with Crippen LogP contribution in [0.1, 0.15) is 33.4 Å². The van der Waals surface area contributed by atoms with Crippen molar-refractivity contribution in [1.82, 2.24) is 9.78 Å². The predicted molar refractivity (Wildman–Crippen MR) is 108 cm³/mol. The molecule has 2 aromatic rings. The number of esters is 1. The standard InChI is InChI=1S/C17H16Cl2N2O5S2/c1-10-12(17(19)21(20-10)11-6-7-28(24,25)9-11)2-5-16(23)26-8-13(22)14-3-4-15(18)27-14/h2-5,11H,6-9H2,1H3/b5-2+/t11-/m0/s1. The Balaban J connectivity index is 1.64. The number of rotatable bonds is 6. The fourth-order valence-electron chi connectivity index (χ4n) is 2.80. The van der Waals surface area contributed by atoms with Gasteiger partial charge in [0.25, 0.3) is 0 Å². The highest BCUT2D eigenvalue weighted by Gasteiger charge is 2.31. The van der Waals surface area contributed by atoms with Crippen molar-refractivity contribution in [3.05, 3.63) is 43.8 Å². The van der Waals surface area contributed by atoms with E-state index < -0.39 is 22.4 Å². The first-order chi connectivity index (χ1) is 13.2. The Hall–Kier alpha value is -1.68. The van der Waals surface area contributed by atoms with Crippen molar-refractivity contribution < 1.29 is 22.7 Å². The van der Waals surface area contributed by atoms with Crippen LogP contribution in [0, 0.1) is 6.92 Å². The third-order valence-corrected chi connectivity index (χ3v) is 7.60. The minimum atomic E-state index is -3.08. The zero-order valence-corrected chi connectivity index (χ0v) is 17.9. The molecule has 0 aliphatic carbocycles. The number of hydrogen-bond donors (Lipinski definition) is 0. The largest absolute Gasteiger partial charge is 0.454 e. The maximum atomic E-state index is 11.9. The van der Waals surface area contributed by atoms with E-state index in [1.54, 1.807) is 19.1 Å². The maximum absolute atomic E-state index is 11.9. The lowest BCUT2D eigenvalue weighted by Gasteiger charge is -2.09. The molecular weight excluding hydrogens is 447 g/mol. The second kappa shape index (κ2) is 8.36. The molecule has 11 heteroatoms. The van der Waals surface area contributed by atoms with Gasteiger partial charge >= 0.3 is 5.97 Å². The van der Waals surface area contributed by atoms with Gasteiger partial charge < -0.3 is 4.74 Å². The summed E-state index contributed by atoms with van der Waals surface area (Å²) in [5, 5.41) is 4.56. The molecule has 2 aromatic heterocycles. The van der Waals surface area contributed by atoms with E-state index in [0.29, 0.717) is 26.9 Å². The Morgan fingerprint density at radius 1 is 1.39 bits per heavy atom. The summed E-state index contributed by atoms with van der Waals surface area (Å²) in [5.41, 5.74) is 1.06. The second-order valence-electron chi connectivity index (χ2n) is 6.26. The van der Waals surface area contributed by atoms with Crippen molar-refractivity contribution >= 4 is 62.2 Å². The van der Waals surface area contributed by atoms with Gasteiger partial charge in [-0.25, -0.2) is 17.9 Å². The first kappa shape index (κ1) is 21.0. The maximum Gasteiger partial charge on any atom is 0.331 e. The van der Waals surface area contributed by atoms with Crippen molar-refractivity contribution in [2.24, 2.45) is 0 Å². The number of ether oxygens (including phenoxy) is 1. The molecule has 1 fully saturated rings. The summed E-state index contributed by atoms with van der Waals surface area (Å²) in [6.45, 7) is 1.31. The summed E-state index contributed by atoms with van der Waals surface area (Å²) in [5.74, 6) is -0.951. The number of carbonyl (C=O) groups excluding carboxylic acids is 2. The third kappa shape index (κ3) is 4.83. The van der Waals surface area contributed by atoms with Gasteiger partial charge in [-0.2, -0.15) is 5.10 Å². The van der Waals surface area contributed by atoms with Crippen molar-refractivity contribution in [1.29, 1.82) is 0 Å². The molecule has 0 bridgehead atoms. The Labute approximate surface area is 175 Å². The summed E-state index contributed by atoms with van der Waals surface area (Å²) < 4.78 is 30.2. The Morgan fingerprint density at radius 3 is 2.75 bits per heavy atom. The van der Waals surface area contributed by atoms with Gasteiger partial charge in [0.05, 0.1) is 32.5 Å². The summed E-state index contributed by atoms with van der Waals surface area (Å²) in [4.78, 5) is 24.2. The highest BCUT2D eigenvalue weighted by atomic mass is 35.5. The van der Waals surface area contributed by atoms with E-state index in [1.165, 1.54) is 10.8 Å². The number of halogens is 2. The molecule has 1 aliphatic heterocycles. The van der Waals surface area contributed by atoms with Gasteiger partial charge in [0.1, 0.15) is 5.15 Å². The topological polar surface area (TPSA) is 95.3 Å². The van der Waals surface area contributed by atoms with E-state index in [0.717, 1.165) is 17.4 Å². The normalized spacial score (nSPS) is 18.6. The first-order valence-electron chi connectivity index (χ1n) is 8.24. The number of aryl methyl sites for hydroxylation is 1. The number of sulfone groups is 1. The molecule has 0 saturated carbocycles. The lowest BCUT2D eigenvalue weighted by molar-refractivity contribution is -0.136. The van der Waals surface area contributed by atoms with Crippen LogP contribution in [0.15, 0.2) is 18.2 Å². The number of hydrogen-bond acceptors (Lipinski definition) is 7. The molecule has 0 spiro atoms. The van der Waals surface area contributed by atoms with Crippen LogP contribution in [0.5, 0.6) is 0 Å². The van der Waals surface area contributed by atoms with E-state index in [9.17, 15) is 18.0 Å². The minimum absolute atomic E-state index is 0.00607. The molecule has 0 unspecified atom stereocenters. The smallest absolute Gasteiger partial charge is 0.331 e. The number of Topliss-reactive ketones (excluding diaryl/α,β-unsaturated/α-hetero) is 1. The van der Waals surface area contributed by atoms with Crippen LogP contribution in [0.4, 0.5) is 0 Å². The van der Waals surface area contributed by atoms with Crippen LogP contribution in [0.3, 0.4) is 0 Å². The molecule has 0 N–H and O–H groups in total. The van der Waals surface area contributed by atoms with E-state index in [1.807, 2.05) is 0 Å². The monoisotopic (exact) mass is 462 g/mol. The minimum Gasteiger partial charge on any atom is -0.454 e. The van der Waals surface area contributed by atoms with Crippen LogP contribution in [-0.4, -0.2) is 48.1 Å². The number of thiophene rings is 1. The van der Waals surface area contributed by atoms with Crippen LogP contribution >= 0.6 is 34.5 Å². The molecule has 1 aliphatic rings. The average Bonchev–Trinajstić information content (AvgIpc) is 3.29. The third-order valence-electron chi connectivity index (χ3n) is 4.20. The Kier molecular flexibility index (Phi) is 6.28. The van der Waals surface area contributed by atoms with Gasteiger partial charge in [-0.3, -0.25) is 4.79 Å². The van der Waals surface area contributed by atoms with Crippen molar-refractivity contribution in [3.63, 3.8) is 0 Å². The Morgan fingerprint density at radius 2 is 2.14 bits per heavy atom. The zero-order valence-electron chi connectivity index (χ0n) is 14.7. The van der Waals surface area contributed by atoms with E-state index in [2.05, 4.69) is 5.10 Å². The molecule has 7 nitrogen and oxygen atoms in total. The van der Waals surface area contributed by atoms with Crippen LogP contribution in [0.25, 0.3) is 6.08 Å². The molecule has 3 heterocycles. The van der Waals surface area contributed by atoms with Crippen molar-refractivity contribution in [2.45, 2.75) is 19.4 Å². The molecule has 0 amide bonds. The molecule has 1 atom stereocenters. The van der Waals surface area contributed by atoms with Crippen molar-refractivity contribution in [3.8, 4) is 0 Å². The number of nitrogens with zero attached hydrogens (tertiary/aromatic N) is 2. The molecule has 3 rings (SSSR count). The highest BCUT2D eigenvalue weighted by Crippen LogP contribution is 2.30. The molecule has 1 saturated heterocycles. The van der Waals surface area contributed by atoms with Crippen molar-refractivity contribution in [2.75, 3.05) is 18.1 Å². The van der Waals surface area contributed by atoms with E-state index in [4.69, 9.17) is 27.9 Å². The highest BCUT2D eigenvalue weighted by molar-refractivity contribution is 7.91. The number of aromatic nitrogens is 2. The van der Waals surface area contributed by atoms with Crippen LogP contribution in [-0.2, 0) is 19.4 Å². The quantitative estimate of drug-likeness (QED) is 0.371. The summed E-state index contributed by atoms with van der Waals surface area (Å²) >= 11 is 13.2. The summed E-state index contributed by atoms with van der Waals surface area (Å²) in [6, 6.07) is 2.85. The predicted octanol–water partition coefficient (Wildman–Crippen LogP) is 3.36. The number of ketones is 1. The fourth-order valence-corrected chi connectivity index (χ4v) is 5.84. The van der Waals surface area contributed by atoms with Gasteiger partial charge in [0, 0.05) is 11.6 Å². The molecule has 28 heavy (non-hydrogen) atoms. The lowest BCUT2D eigenvalue weighted by atomic mass is 10.2. The van der Waals surface area contributed by atoms with Gasteiger partial charge in [0.2, 0.25) is 5.78 Å². The first-order valence-corrected chi connectivity index (χ1v) is 11.6. The summed E-state index contributed by atoms with van der Waals surface area (Å²) in [7, 11) is -3.08. The van der Waals surface area contributed by atoms with Gasteiger partial charge in [-0.15, -0.1) is 11.3 Å². The van der Waals surface area contributed by atoms with E-state index in [-0.39, 0.29) is 28.5 Å². The van der Waals surface area contributed by atoms with Gasteiger partial charge in [0.15, 0.2) is 16.4 Å². The molecule has 150 valence electrons. The number of carbonyl (C=O) groups is 2. The molecule has 0 aromatic carbocycles. The van der Waals surface area contributed by atoms with Crippen LogP contribution < -0.4 is 0 Å². The van der Waals surface area contributed by atoms with Crippen LogP contribution in [0.2, 0.25) is 9.49 Å². The SMILES string of the molecule is Cc1nn([C@H]2CCS(=O)(=O)C2)c(Cl)c1/C=C/C(=O)OCC(=O)c1ccc(Cl)s1. The van der Waals surface area contributed by atoms with Gasteiger partial charge in [-0.05, 0) is 31.6 Å². The summed E-state index contributed by atoms with van der Waals surface area (Å²) in [6.07, 6.45) is 3.04. The fraction of sp³-hybridized carbons (Fsp3) is 0.353. The second-order valence-corrected chi connectivity index (χ2v) is 10.6. The van der Waals surface area contributed by atoms with E-state index >= 15 is 0 Å². The zero-order chi connectivity index (χ0) is 20.5. The Bertz CT molecular complexity index is 1060. The average molecular weight is 463 g/mol. The molecule has 0 radical (unpaired) electrons. The lowest BCUT2D eigenvalue weighted by Crippen LogP contribution is -2.12.